The zero-order valence-electron chi connectivity index (χ0n) is 18.4. The molecule has 1 N–H and O–H groups in total. The maximum atomic E-state index is 12.8. The fourth-order valence-electron chi connectivity index (χ4n) is 3.97. The molecule has 1 aliphatic heterocycles. The molecule has 0 radical (unpaired) electrons. The van der Waals surface area contributed by atoms with E-state index in [1.165, 1.54) is 5.56 Å². The number of carbonyl (C=O) groups excluding carboxylic acids is 1. The molecule has 0 saturated carbocycles. The average Bonchev–Trinajstić information content (AvgIpc) is 2.72. The average molecular weight is 430 g/mol. The van der Waals surface area contributed by atoms with Crippen LogP contribution in [-0.2, 0) is 4.79 Å². The molecule has 1 fully saturated rings. The second kappa shape index (κ2) is 10.3. The number of hydrogen-bond acceptors (Lipinski definition) is 4. The molecule has 1 atom stereocenters. The zero-order chi connectivity index (χ0) is 21.7. The van der Waals surface area contributed by atoms with Crippen molar-refractivity contribution >= 4 is 23.2 Å². The van der Waals surface area contributed by atoms with Crippen molar-refractivity contribution in [3.63, 3.8) is 0 Å². The summed E-state index contributed by atoms with van der Waals surface area (Å²) in [5.74, 6) is 0.898. The number of anilines is 1. The summed E-state index contributed by atoms with van der Waals surface area (Å²) in [6, 6.07) is 11.5. The normalized spacial score (nSPS) is 16.3. The van der Waals surface area contributed by atoms with E-state index in [4.69, 9.17) is 16.3 Å². The highest BCUT2D eigenvalue weighted by molar-refractivity contribution is 6.30. The van der Waals surface area contributed by atoms with E-state index in [9.17, 15) is 4.79 Å². The fourth-order valence-corrected chi connectivity index (χ4v) is 4.09. The molecule has 0 aliphatic carbocycles. The van der Waals surface area contributed by atoms with Gasteiger partial charge < -0.3 is 10.1 Å². The molecule has 1 amide bonds. The van der Waals surface area contributed by atoms with Crippen LogP contribution < -0.4 is 10.1 Å². The van der Waals surface area contributed by atoms with Crippen molar-refractivity contribution in [1.29, 1.82) is 0 Å². The summed E-state index contributed by atoms with van der Waals surface area (Å²) in [4.78, 5) is 17.5. The molecular weight excluding hydrogens is 398 g/mol. The lowest BCUT2D eigenvalue weighted by Crippen LogP contribution is -2.53. The smallest absolute Gasteiger partial charge is 0.241 e. The summed E-state index contributed by atoms with van der Waals surface area (Å²) < 4.78 is 5.80. The number of ether oxygens (including phenoxy) is 1. The van der Waals surface area contributed by atoms with Crippen LogP contribution in [0.15, 0.2) is 36.4 Å². The lowest BCUT2D eigenvalue weighted by molar-refractivity contribution is -0.121. The number of rotatable bonds is 7. The largest absolute Gasteiger partial charge is 0.492 e. The molecule has 5 nitrogen and oxygen atoms in total. The van der Waals surface area contributed by atoms with Gasteiger partial charge in [0.25, 0.3) is 0 Å². The van der Waals surface area contributed by atoms with Gasteiger partial charge >= 0.3 is 0 Å². The van der Waals surface area contributed by atoms with E-state index >= 15 is 0 Å². The van der Waals surface area contributed by atoms with E-state index in [0.29, 0.717) is 11.6 Å². The maximum absolute atomic E-state index is 12.8. The van der Waals surface area contributed by atoms with Crippen LogP contribution in [0.3, 0.4) is 0 Å². The Morgan fingerprint density at radius 3 is 2.27 bits per heavy atom. The molecule has 1 aliphatic rings. The Morgan fingerprint density at radius 2 is 1.67 bits per heavy atom. The minimum absolute atomic E-state index is 0.0598. The Hall–Kier alpha value is -2.08. The van der Waals surface area contributed by atoms with Gasteiger partial charge in [-0.25, -0.2) is 0 Å². The van der Waals surface area contributed by atoms with Crippen LogP contribution in [0.4, 0.5) is 5.69 Å². The highest BCUT2D eigenvalue weighted by atomic mass is 35.5. The number of benzene rings is 2. The SMILES string of the molecule is Cc1cc(C)c(NC(=O)[C@@H](C)N2CCN(CCOc3ccc(Cl)cc3)CC2)c(C)c1. The zero-order valence-corrected chi connectivity index (χ0v) is 19.1. The van der Waals surface area contributed by atoms with Gasteiger partial charge in [0.15, 0.2) is 0 Å². The Bertz CT molecular complexity index is 838. The Balaban J connectivity index is 1.44. The summed E-state index contributed by atoms with van der Waals surface area (Å²) in [6.07, 6.45) is 0. The van der Waals surface area contributed by atoms with Crippen LogP contribution in [0.2, 0.25) is 5.02 Å². The summed E-state index contributed by atoms with van der Waals surface area (Å²) >= 11 is 5.90. The highest BCUT2D eigenvalue weighted by Gasteiger charge is 2.26. The minimum Gasteiger partial charge on any atom is -0.492 e. The first-order valence-electron chi connectivity index (χ1n) is 10.6. The van der Waals surface area contributed by atoms with Gasteiger partial charge in [-0.15, -0.1) is 0 Å². The Kier molecular flexibility index (Phi) is 7.75. The minimum atomic E-state index is -0.155. The summed E-state index contributed by atoms with van der Waals surface area (Å²) in [7, 11) is 0. The first kappa shape index (κ1) is 22.6. The van der Waals surface area contributed by atoms with Crippen molar-refractivity contribution in [1.82, 2.24) is 9.80 Å². The van der Waals surface area contributed by atoms with Crippen molar-refractivity contribution in [2.24, 2.45) is 0 Å². The quantitative estimate of drug-likeness (QED) is 0.713. The number of nitrogens with one attached hydrogen (secondary N) is 1. The monoisotopic (exact) mass is 429 g/mol. The van der Waals surface area contributed by atoms with Gasteiger partial charge in [0.05, 0.1) is 6.04 Å². The molecule has 0 aromatic heterocycles. The predicted octanol–water partition coefficient (Wildman–Crippen LogP) is 4.29. The van der Waals surface area contributed by atoms with Gasteiger partial charge in [-0.05, 0) is 63.1 Å². The number of nitrogens with zero attached hydrogens (tertiary/aromatic N) is 2. The van der Waals surface area contributed by atoms with E-state index in [-0.39, 0.29) is 11.9 Å². The topological polar surface area (TPSA) is 44.8 Å². The molecule has 0 spiro atoms. The molecule has 0 unspecified atom stereocenters. The first-order valence-corrected chi connectivity index (χ1v) is 10.9. The molecule has 3 rings (SSSR count). The molecular formula is C24H32ClN3O2. The van der Waals surface area contributed by atoms with Gasteiger partial charge in [0, 0.05) is 43.4 Å². The predicted molar refractivity (Wildman–Crippen MR) is 124 cm³/mol. The molecule has 162 valence electrons. The summed E-state index contributed by atoms with van der Waals surface area (Å²) in [6.45, 7) is 13.3. The molecule has 2 aromatic rings. The van der Waals surface area contributed by atoms with Crippen LogP contribution in [0.25, 0.3) is 0 Å². The van der Waals surface area contributed by atoms with Crippen LogP contribution in [-0.4, -0.2) is 61.1 Å². The van der Waals surface area contributed by atoms with Crippen molar-refractivity contribution < 1.29 is 9.53 Å². The van der Waals surface area contributed by atoms with Gasteiger partial charge in [-0.2, -0.15) is 0 Å². The third kappa shape index (κ3) is 5.97. The first-order chi connectivity index (χ1) is 14.3. The van der Waals surface area contributed by atoms with Crippen LogP contribution in [0, 0.1) is 20.8 Å². The summed E-state index contributed by atoms with van der Waals surface area (Å²) in [5, 5.41) is 3.86. The van der Waals surface area contributed by atoms with E-state index < -0.39 is 0 Å². The molecule has 2 aromatic carbocycles. The molecule has 0 bridgehead atoms. The summed E-state index contributed by atoms with van der Waals surface area (Å²) in [5.41, 5.74) is 4.37. The fraction of sp³-hybridized carbons (Fsp3) is 0.458. The highest BCUT2D eigenvalue weighted by Crippen LogP contribution is 2.22. The van der Waals surface area contributed by atoms with Gasteiger partial charge in [0.2, 0.25) is 5.91 Å². The van der Waals surface area contributed by atoms with Crippen molar-refractivity contribution in [2.75, 3.05) is 44.6 Å². The van der Waals surface area contributed by atoms with Gasteiger partial charge in [-0.1, -0.05) is 29.3 Å². The number of piperazine rings is 1. The number of carbonyl (C=O) groups is 1. The molecule has 1 saturated heterocycles. The number of amides is 1. The van der Waals surface area contributed by atoms with Crippen LogP contribution in [0.5, 0.6) is 5.75 Å². The third-order valence-electron chi connectivity index (χ3n) is 5.75. The van der Waals surface area contributed by atoms with Crippen molar-refractivity contribution in [2.45, 2.75) is 33.7 Å². The van der Waals surface area contributed by atoms with E-state index in [2.05, 4.69) is 34.2 Å². The number of aryl methyl sites for hydroxylation is 3. The van der Waals surface area contributed by atoms with E-state index in [0.717, 1.165) is 55.3 Å². The standard InChI is InChI=1S/C24H32ClN3O2/c1-17-15-18(2)23(19(3)16-17)26-24(29)20(4)28-11-9-27(10-12-28)13-14-30-22-7-5-21(25)6-8-22/h5-8,15-16,20H,9-14H2,1-4H3,(H,26,29)/t20-/m1/s1. The Morgan fingerprint density at radius 1 is 1.07 bits per heavy atom. The maximum Gasteiger partial charge on any atom is 0.241 e. The van der Waals surface area contributed by atoms with Crippen molar-refractivity contribution in [3.8, 4) is 5.75 Å². The third-order valence-corrected chi connectivity index (χ3v) is 6.00. The van der Waals surface area contributed by atoms with Crippen LogP contribution in [0.1, 0.15) is 23.6 Å². The lowest BCUT2D eigenvalue weighted by Gasteiger charge is -2.37. The molecule has 1 heterocycles. The van der Waals surface area contributed by atoms with Gasteiger partial charge in [0.1, 0.15) is 12.4 Å². The van der Waals surface area contributed by atoms with Crippen LogP contribution >= 0.6 is 11.6 Å². The van der Waals surface area contributed by atoms with Gasteiger partial charge in [-0.3, -0.25) is 14.6 Å². The number of halogens is 1. The van der Waals surface area contributed by atoms with E-state index in [1.54, 1.807) is 0 Å². The second-order valence-electron chi connectivity index (χ2n) is 8.12. The lowest BCUT2D eigenvalue weighted by atomic mass is 10.0. The second-order valence-corrected chi connectivity index (χ2v) is 8.56. The molecule has 6 heteroatoms. The van der Waals surface area contributed by atoms with Crippen molar-refractivity contribution in [3.05, 3.63) is 58.1 Å². The van der Waals surface area contributed by atoms with E-state index in [1.807, 2.05) is 45.0 Å². The number of hydrogen-bond donors (Lipinski definition) is 1. The molecule has 30 heavy (non-hydrogen) atoms. The Labute approximate surface area is 185 Å².